The van der Waals surface area contributed by atoms with Crippen molar-refractivity contribution in [2.24, 2.45) is 0 Å². The normalized spacial score (nSPS) is 20.0. The van der Waals surface area contributed by atoms with E-state index in [0.717, 1.165) is 31.2 Å². The topological polar surface area (TPSA) is 57.7 Å². The van der Waals surface area contributed by atoms with E-state index in [0.29, 0.717) is 11.3 Å². The lowest BCUT2D eigenvalue weighted by molar-refractivity contribution is -0.123. The number of para-hydroxylation sites is 1. The molecular weight excluding hydrogens is 352 g/mol. The van der Waals surface area contributed by atoms with E-state index in [1.54, 1.807) is 35.2 Å². The number of anilines is 1. The minimum absolute atomic E-state index is 0.00508. The van der Waals surface area contributed by atoms with Crippen molar-refractivity contribution in [3.8, 4) is 0 Å². The third-order valence-electron chi connectivity index (χ3n) is 5.69. The maximum atomic E-state index is 13.4. The number of carbonyl (C=O) groups is 3. The largest absolute Gasteiger partial charge is 0.323 e. The van der Waals surface area contributed by atoms with Gasteiger partial charge in [0.2, 0.25) is 5.91 Å². The molecule has 0 aromatic heterocycles. The molecule has 4 rings (SSSR count). The Morgan fingerprint density at radius 3 is 2.39 bits per heavy atom. The number of benzene rings is 2. The third-order valence-corrected chi connectivity index (χ3v) is 5.69. The fraction of sp³-hybridized carbons (Fsp3) is 0.348. The number of hydrogen-bond acceptors (Lipinski definition) is 3. The number of aryl methyl sites for hydroxylation is 1. The van der Waals surface area contributed by atoms with Gasteiger partial charge in [0.05, 0.1) is 12.1 Å². The molecule has 1 unspecified atom stereocenters. The minimum Gasteiger partial charge on any atom is -0.323 e. The first-order valence-electron chi connectivity index (χ1n) is 9.87. The molecule has 5 heteroatoms. The van der Waals surface area contributed by atoms with E-state index in [1.165, 1.54) is 4.90 Å². The van der Waals surface area contributed by atoms with Crippen LogP contribution >= 0.6 is 0 Å². The molecule has 0 bridgehead atoms. The number of rotatable bonds is 4. The smallest absolute Gasteiger partial charge is 0.257 e. The van der Waals surface area contributed by atoms with Gasteiger partial charge in [0.15, 0.2) is 0 Å². The van der Waals surface area contributed by atoms with E-state index in [1.807, 2.05) is 31.2 Å². The first-order chi connectivity index (χ1) is 13.6. The van der Waals surface area contributed by atoms with E-state index < -0.39 is 6.04 Å². The molecule has 1 aliphatic carbocycles. The van der Waals surface area contributed by atoms with Crippen LogP contribution in [0.1, 0.15) is 48.0 Å². The number of hydrogen-bond donors (Lipinski definition) is 0. The summed E-state index contributed by atoms with van der Waals surface area (Å²) in [6.07, 6.45) is 3.88. The zero-order chi connectivity index (χ0) is 19.7. The van der Waals surface area contributed by atoms with Crippen molar-refractivity contribution < 1.29 is 14.4 Å². The fourth-order valence-electron chi connectivity index (χ4n) is 4.35. The maximum Gasteiger partial charge on any atom is 0.257 e. The standard InChI is InChI=1S/C23H24N2O3/c1-16-8-7-9-17(14-16)22(27)24(18-12-5-6-13-18)20-15-21(26)25(23(20)28)19-10-3-2-4-11-19/h2-4,7-11,14,18,20H,5-6,12-13,15H2,1H3. The summed E-state index contributed by atoms with van der Waals surface area (Å²) in [6, 6.07) is 15.7. The van der Waals surface area contributed by atoms with Crippen molar-refractivity contribution in [2.75, 3.05) is 4.90 Å². The summed E-state index contributed by atoms with van der Waals surface area (Å²) in [6.45, 7) is 1.94. The highest BCUT2D eigenvalue weighted by Gasteiger charge is 2.46. The Labute approximate surface area is 164 Å². The zero-order valence-corrected chi connectivity index (χ0v) is 16.0. The van der Waals surface area contributed by atoms with Gasteiger partial charge < -0.3 is 4.90 Å². The van der Waals surface area contributed by atoms with Gasteiger partial charge in [0.1, 0.15) is 6.04 Å². The van der Waals surface area contributed by atoms with Crippen LogP contribution in [0.15, 0.2) is 54.6 Å². The van der Waals surface area contributed by atoms with Crippen LogP contribution in [0.5, 0.6) is 0 Å². The maximum absolute atomic E-state index is 13.4. The zero-order valence-electron chi connectivity index (χ0n) is 16.0. The molecule has 144 valence electrons. The van der Waals surface area contributed by atoms with Crippen LogP contribution in [0, 0.1) is 6.92 Å². The lowest BCUT2D eigenvalue weighted by Gasteiger charge is -2.33. The van der Waals surface area contributed by atoms with Gasteiger partial charge in [0.25, 0.3) is 11.8 Å². The van der Waals surface area contributed by atoms with Crippen molar-refractivity contribution in [3.05, 3.63) is 65.7 Å². The number of imide groups is 1. The average molecular weight is 376 g/mol. The summed E-state index contributed by atoms with van der Waals surface area (Å²) in [5, 5.41) is 0. The van der Waals surface area contributed by atoms with Crippen molar-refractivity contribution in [1.29, 1.82) is 0 Å². The number of nitrogens with zero attached hydrogens (tertiary/aromatic N) is 2. The molecule has 0 spiro atoms. The number of amides is 3. The first-order valence-corrected chi connectivity index (χ1v) is 9.87. The van der Waals surface area contributed by atoms with Crippen LogP contribution in [0.25, 0.3) is 0 Å². The van der Waals surface area contributed by atoms with Crippen LogP contribution in [0.3, 0.4) is 0 Å². The van der Waals surface area contributed by atoms with Gasteiger partial charge >= 0.3 is 0 Å². The van der Waals surface area contributed by atoms with Crippen molar-refractivity contribution >= 4 is 23.4 Å². The molecule has 2 aromatic carbocycles. The summed E-state index contributed by atoms with van der Waals surface area (Å²) < 4.78 is 0. The molecule has 5 nitrogen and oxygen atoms in total. The molecule has 1 saturated heterocycles. The highest BCUT2D eigenvalue weighted by atomic mass is 16.2. The average Bonchev–Trinajstić information content (AvgIpc) is 3.31. The second kappa shape index (κ2) is 7.58. The Morgan fingerprint density at radius 1 is 1.00 bits per heavy atom. The molecule has 1 saturated carbocycles. The summed E-state index contributed by atoms with van der Waals surface area (Å²) in [5.41, 5.74) is 2.14. The van der Waals surface area contributed by atoms with E-state index in [4.69, 9.17) is 0 Å². The summed E-state index contributed by atoms with van der Waals surface area (Å²) in [5.74, 6) is -0.706. The van der Waals surface area contributed by atoms with Crippen LogP contribution in [-0.4, -0.2) is 34.7 Å². The van der Waals surface area contributed by atoms with Gasteiger partial charge in [-0.1, -0.05) is 48.7 Å². The van der Waals surface area contributed by atoms with Gasteiger partial charge in [-0.05, 0) is 44.0 Å². The van der Waals surface area contributed by atoms with E-state index in [-0.39, 0.29) is 30.2 Å². The Kier molecular flexibility index (Phi) is 4.99. The Balaban J connectivity index is 1.68. The summed E-state index contributed by atoms with van der Waals surface area (Å²) in [7, 11) is 0. The summed E-state index contributed by atoms with van der Waals surface area (Å²) >= 11 is 0. The van der Waals surface area contributed by atoms with Crippen molar-refractivity contribution in [2.45, 2.75) is 51.1 Å². The molecule has 3 amide bonds. The summed E-state index contributed by atoms with van der Waals surface area (Å²) in [4.78, 5) is 42.3. The predicted molar refractivity (Wildman–Crippen MR) is 107 cm³/mol. The van der Waals surface area contributed by atoms with Gasteiger partial charge in [-0.3, -0.25) is 14.4 Å². The molecular formula is C23H24N2O3. The first kappa shape index (κ1) is 18.4. The molecule has 2 aliphatic rings. The van der Waals surface area contributed by atoms with Gasteiger partial charge in [0, 0.05) is 11.6 Å². The molecule has 0 radical (unpaired) electrons. The van der Waals surface area contributed by atoms with E-state index in [2.05, 4.69) is 0 Å². The second-order valence-electron chi connectivity index (χ2n) is 7.64. The highest BCUT2D eigenvalue weighted by Crippen LogP contribution is 2.32. The lowest BCUT2D eigenvalue weighted by atomic mass is 10.0. The van der Waals surface area contributed by atoms with Crippen LogP contribution in [0.4, 0.5) is 5.69 Å². The monoisotopic (exact) mass is 376 g/mol. The molecule has 28 heavy (non-hydrogen) atoms. The van der Waals surface area contributed by atoms with Crippen LogP contribution < -0.4 is 4.90 Å². The second-order valence-corrected chi connectivity index (χ2v) is 7.64. The van der Waals surface area contributed by atoms with E-state index in [9.17, 15) is 14.4 Å². The highest BCUT2D eigenvalue weighted by molar-refractivity contribution is 6.23. The quantitative estimate of drug-likeness (QED) is 0.765. The Bertz CT molecular complexity index is 903. The molecule has 1 atom stereocenters. The van der Waals surface area contributed by atoms with Gasteiger partial charge in [-0.2, -0.15) is 0 Å². The molecule has 1 heterocycles. The third kappa shape index (κ3) is 3.33. The minimum atomic E-state index is -0.733. The Morgan fingerprint density at radius 2 is 1.71 bits per heavy atom. The predicted octanol–water partition coefficient (Wildman–Crippen LogP) is 3.71. The molecule has 0 N–H and O–H groups in total. The number of carbonyl (C=O) groups excluding carboxylic acids is 3. The molecule has 2 fully saturated rings. The van der Waals surface area contributed by atoms with Crippen LogP contribution in [0.2, 0.25) is 0 Å². The van der Waals surface area contributed by atoms with Gasteiger partial charge in [-0.15, -0.1) is 0 Å². The van der Waals surface area contributed by atoms with E-state index >= 15 is 0 Å². The van der Waals surface area contributed by atoms with Crippen molar-refractivity contribution in [1.82, 2.24) is 4.90 Å². The van der Waals surface area contributed by atoms with Crippen molar-refractivity contribution in [3.63, 3.8) is 0 Å². The SMILES string of the molecule is Cc1cccc(C(=O)N(C2CCCC2)C2CC(=O)N(c3ccccc3)C2=O)c1. The lowest BCUT2D eigenvalue weighted by Crippen LogP contribution is -2.50. The molecule has 1 aliphatic heterocycles. The van der Waals surface area contributed by atoms with Gasteiger partial charge in [-0.25, -0.2) is 4.90 Å². The van der Waals surface area contributed by atoms with Crippen LogP contribution in [-0.2, 0) is 9.59 Å². The fourth-order valence-corrected chi connectivity index (χ4v) is 4.35. The Hall–Kier alpha value is -2.95. The molecule has 2 aromatic rings.